The van der Waals surface area contributed by atoms with Crippen molar-refractivity contribution >= 4 is 5.97 Å². The van der Waals surface area contributed by atoms with Crippen LogP contribution in [0.2, 0.25) is 0 Å². The predicted octanol–water partition coefficient (Wildman–Crippen LogP) is 2.46. The lowest BCUT2D eigenvalue weighted by Crippen LogP contribution is -2.46. The number of halogens is 2. The summed E-state index contributed by atoms with van der Waals surface area (Å²) >= 11 is 0. The maximum Gasteiger partial charge on any atom is 0.329 e. The smallest absolute Gasteiger partial charge is 0.329 e. The molecule has 5 heteroatoms. The highest BCUT2D eigenvalue weighted by molar-refractivity contribution is 5.77. The molecule has 1 aromatic rings. The van der Waals surface area contributed by atoms with E-state index < -0.39 is 17.9 Å². The fourth-order valence-electron chi connectivity index (χ4n) is 2.36. The minimum Gasteiger partial charge on any atom is -0.465 e. The third-order valence-corrected chi connectivity index (χ3v) is 3.24. The van der Waals surface area contributed by atoms with Crippen molar-refractivity contribution in [1.82, 2.24) is 4.90 Å². The van der Waals surface area contributed by atoms with E-state index >= 15 is 0 Å². The number of carbonyl (C=O) groups excluding carboxylic acids is 1. The third kappa shape index (κ3) is 3.10. The topological polar surface area (TPSA) is 29.5 Å². The molecule has 1 unspecified atom stereocenters. The molecular weight excluding hydrogens is 252 g/mol. The summed E-state index contributed by atoms with van der Waals surface area (Å²) in [6.07, 6.45) is -0.302. The van der Waals surface area contributed by atoms with Crippen molar-refractivity contribution in [3.8, 4) is 0 Å². The summed E-state index contributed by atoms with van der Waals surface area (Å²) in [4.78, 5) is 13.2. The Kier molecular flexibility index (Phi) is 4.14. The van der Waals surface area contributed by atoms with Crippen LogP contribution in [-0.2, 0) is 16.1 Å². The quantitative estimate of drug-likeness (QED) is 0.786. The highest BCUT2D eigenvalue weighted by atomic mass is 19.3. The van der Waals surface area contributed by atoms with Gasteiger partial charge < -0.3 is 4.74 Å². The number of ether oxygens (including phenoxy) is 1. The Morgan fingerprint density at radius 3 is 2.74 bits per heavy atom. The van der Waals surface area contributed by atoms with E-state index in [9.17, 15) is 13.6 Å². The van der Waals surface area contributed by atoms with Crippen LogP contribution >= 0.6 is 0 Å². The van der Waals surface area contributed by atoms with E-state index in [1.165, 1.54) is 4.90 Å². The lowest BCUT2D eigenvalue weighted by molar-refractivity contribution is -0.159. The summed E-state index contributed by atoms with van der Waals surface area (Å²) in [7, 11) is 0. The van der Waals surface area contributed by atoms with Gasteiger partial charge in [-0.15, -0.1) is 0 Å². The largest absolute Gasteiger partial charge is 0.465 e. The minimum atomic E-state index is -3.01. The molecule has 1 atom stereocenters. The van der Waals surface area contributed by atoms with Crippen molar-refractivity contribution in [3.05, 3.63) is 35.9 Å². The fourth-order valence-corrected chi connectivity index (χ4v) is 2.36. The zero-order valence-electron chi connectivity index (χ0n) is 10.8. The first-order valence-electron chi connectivity index (χ1n) is 6.37. The monoisotopic (exact) mass is 269 g/mol. The SMILES string of the molecule is CCOC(=O)C1N(Cc2ccccc2)CCC1(F)F. The number of hydrogen-bond acceptors (Lipinski definition) is 3. The van der Waals surface area contributed by atoms with E-state index in [1.807, 2.05) is 30.3 Å². The molecule has 0 N–H and O–H groups in total. The molecule has 0 spiro atoms. The van der Waals surface area contributed by atoms with Crippen LogP contribution in [0.15, 0.2) is 30.3 Å². The Hall–Kier alpha value is -1.49. The average Bonchev–Trinajstić information content (AvgIpc) is 2.66. The van der Waals surface area contributed by atoms with Crippen LogP contribution in [0, 0.1) is 0 Å². The summed E-state index contributed by atoms with van der Waals surface area (Å²) in [5.41, 5.74) is 0.912. The molecule has 1 saturated heterocycles. The maximum atomic E-state index is 13.8. The first-order chi connectivity index (χ1) is 9.04. The van der Waals surface area contributed by atoms with Crippen LogP contribution in [0.1, 0.15) is 18.9 Å². The Morgan fingerprint density at radius 2 is 2.11 bits per heavy atom. The van der Waals surface area contributed by atoms with Gasteiger partial charge in [-0.1, -0.05) is 30.3 Å². The number of rotatable bonds is 4. The van der Waals surface area contributed by atoms with Crippen LogP contribution < -0.4 is 0 Å². The van der Waals surface area contributed by atoms with Crippen LogP contribution in [0.4, 0.5) is 8.78 Å². The van der Waals surface area contributed by atoms with Crippen molar-refractivity contribution in [2.24, 2.45) is 0 Å². The van der Waals surface area contributed by atoms with E-state index in [1.54, 1.807) is 6.92 Å². The summed E-state index contributed by atoms with van der Waals surface area (Å²) in [5, 5.41) is 0. The number of likely N-dealkylation sites (tertiary alicyclic amines) is 1. The zero-order valence-corrected chi connectivity index (χ0v) is 10.8. The molecule has 2 rings (SSSR count). The number of hydrogen-bond donors (Lipinski definition) is 0. The number of alkyl halides is 2. The molecule has 0 bridgehead atoms. The third-order valence-electron chi connectivity index (χ3n) is 3.24. The number of nitrogens with zero attached hydrogens (tertiary/aromatic N) is 1. The van der Waals surface area contributed by atoms with E-state index in [4.69, 9.17) is 4.74 Å². The van der Waals surface area contributed by atoms with Crippen LogP contribution in [0.25, 0.3) is 0 Å². The molecule has 0 amide bonds. The predicted molar refractivity (Wildman–Crippen MR) is 66.8 cm³/mol. The van der Waals surface area contributed by atoms with E-state index in [0.29, 0.717) is 6.54 Å². The molecule has 1 heterocycles. The summed E-state index contributed by atoms with van der Waals surface area (Å²) in [6.45, 7) is 2.27. The lowest BCUT2D eigenvalue weighted by Gasteiger charge is -2.25. The van der Waals surface area contributed by atoms with Crippen LogP contribution in [-0.4, -0.2) is 36.0 Å². The molecule has 19 heavy (non-hydrogen) atoms. The molecule has 104 valence electrons. The van der Waals surface area contributed by atoms with Crippen LogP contribution in [0.3, 0.4) is 0 Å². The Labute approximate surface area is 111 Å². The number of esters is 1. The van der Waals surface area contributed by atoms with Gasteiger partial charge in [-0.3, -0.25) is 9.69 Å². The van der Waals surface area contributed by atoms with Gasteiger partial charge in [0.05, 0.1) is 6.61 Å². The summed E-state index contributed by atoms with van der Waals surface area (Å²) in [6, 6.07) is 7.82. The Morgan fingerprint density at radius 1 is 1.42 bits per heavy atom. The van der Waals surface area contributed by atoms with Crippen molar-refractivity contribution < 1.29 is 18.3 Å². The van der Waals surface area contributed by atoms with E-state index in [2.05, 4.69) is 0 Å². The van der Waals surface area contributed by atoms with Gasteiger partial charge in [0.2, 0.25) is 0 Å². The van der Waals surface area contributed by atoms with Gasteiger partial charge in [0.15, 0.2) is 6.04 Å². The van der Waals surface area contributed by atoms with Gasteiger partial charge in [-0.05, 0) is 12.5 Å². The van der Waals surface area contributed by atoms with Crippen molar-refractivity contribution in [2.75, 3.05) is 13.2 Å². The second kappa shape index (κ2) is 5.65. The zero-order chi connectivity index (χ0) is 13.9. The number of carbonyl (C=O) groups is 1. The molecule has 0 aromatic heterocycles. The first-order valence-corrected chi connectivity index (χ1v) is 6.37. The highest BCUT2D eigenvalue weighted by Gasteiger charge is 2.53. The number of benzene rings is 1. The summed E-state index contributed by atoms with van der Waals surface area (Å²) in [5.74, 6) is -3.85. The lowest BCUT2D eigenvalue weighted by atomic mass is 10.1. The standard InChI is InChI=1S/C14H17F2NO2/c1-2-19-13(18)12-14(15,16)8-9-17(12)10-11-6-4-3-5-7-11/h3-7,12H,2,8-10H2,1H3. The molecule has 0 saturated carbocycles. The molecule has 3 nitrogen and oxygen atoms in total. The Bertz CT molecular complexity index is 436. The fraction of sp³-hybridized carbons (Fsp3) is 0.500. The van der Waals surface area contributed by atoms with Gasteiger partial charge in [0, 0.05) is 19.5 Å². The van der Waals surface area contributed by atoms with Gasteiger partial charge in [0.1, 0.15) is 0 Å². The van der Waals surface area contributed by atoms with Crippen molar-refractivity contribution in [2.45, 2.75) is 31.9 Å². The van der Waals surface area contributed by atoms with Crippen molar-refractivity contribution in [1.29, 1.82) is 0 Å². The van der Waals surface area contributed by atoms with Gasteiger partial charge in [-0.2, -0.15) is 0 Å². The first kappa shape index (κ1) is 13.9. The highest BCUT2D eigenvalue weighted by Crippen LogP contribution is 2.35. The molecule has 1 fully saturated rings. The molecule has 1 aliphatic rings. The second-order valence-electron chi connectivity index (χ2n) is 4.62. The minimum absolute atomic E-state index is 0.116. The Balaban J connectivity index is 2.13. The van der Waals surface area contributed by atoms with E-state index in [-0.39, 0.29) is 19.6 Å². The molecular formula is C14H17F2NO2. The molecule has 0 aliphatic carbocycles. The summed E-state index contributed by atoms with van der Waals surface area (Å²) < 4.78 is 32.4. The maximum absolute atomic E-state index is 13.8. The molecule has 1 aromatic carbocycles. The van der Waals surface area contributed by atoms with Gasteiger partial charge in [-0.25, -0.2) is 8.78 Å². The van der Waals surface area contributed by atoms with E-state index in [0.717, 1.165) is 5.56 Å². The van der Waals surface area contributed by atoms with Crippen LogP contribution in [0.5, 0.6) is 0 Å². The average molecular weight is 269 g/mol. The van der Waals surface area contributed by atoms with Gasteiger partial charge in [0.25, 0.3) is 5.92 Å². The second-order valence-corrected chi connectivity index (χ2v) is 4.62. The van der Waals surface area contributed by atoms with Crippen molar-refractivity contribution in [3.63, 3.8) is 0 Å². The normalized spacial score (nSPS) is 22.4. The molecule has 0 radical (unpaired) electrons. The van der Waals surface area contributed by atoms with Gasteiger partial charge >= 0.3 is 5.97 Å². The molecule has 1 aliphatic heterocycles.